The predicted octanol–water partition coefficient (Wildman–Crippen LogP) is 4.92. The fourth-order valence-electron chi connectivity index (χ4n) is 2.65. The smallest absolute Gasteiger partial charge is 0.305 e. The van der Waals surface area contributed by atoms with Gasteiger partial charge in [0.1, 0.15) is 12.7 Å². The van der Waals surface area contributed by atoms with Gasteiger partial charge in [0, 0.05) is 6.42 Å². The molecule has 1 atom stereocenters. The molecule has 0 saturated heterocycles. The average molecular weight is 357 g/mol. The van der Waals surface area contributed by atoms with Gasteiger partial charge < -0.3 is 14.9 Å². The molecule has 0 aliphatic rings. The van der Waals surface area contributed by atoms with Gasteiger partial charge in [-0.2, -0.15) is 0 Å². The first kappa shape index (κ1) is 24.1. The number of hydrogen-bond acceptors (Lipinski definition) is 4. The Morgan fingerprint density at radius 1 is 0.880 bits per heavy atom. The van der Waals surface area contributed by atoms with Crippen molar-refractivity contribution in [1.82, 2.24) is 0 Å². The van der Waals surface area contributed by atoms with Crippen LogP contribution in [0.4, 0.5) is 0 Å². The zero-order chi connectivity index (χ0) is 18.6. The van der Waals surface area contributed by atoms with Crippen molar-refractivity contribution in [1.29, 1.82) is 0 Å². The molecule has 4 heteroatoms. The summed E-state index contributed by atoms with van der Waals surface area (Å²) in [6.45, 7) is 1.77. The lowest BCUT2D eigenvalue weighted by atomic mass is 10.1. The molecule has 0 aliphatic carbocycles. The lowest BCUT2D eigenvalue weighted by Crippen LogP contribution is -2.21. The Balaban J connectivity index is 3.21. The van der Waals surface area contributed by atoms with E-state index in [9.17, 15) is 4.79 Å². The third-order valence-electron chi connectivity index (χ3n) is 4.29. The van der Waals surface area contributed by atoms with Crippen LogP contribution < -0.4 is 0 Å². The van der Waals surface area contributed by atoms with Crippen molar-refractivity contribution in [2.24, 2.45) is 0 Å². The molecule has 0 fully saturated rings. The highest BCUT2D eigenvalue weighted by atomic mass is 16.5. The third-order valence-corrected chi connectivity index (χ3v) is 4.29. The van der Waals surface area contributed by atoms with Crippen LogP contribution in [0.25, 0.3) is 0 Å². The van der Waals surface area contributed by atoms with Crippen LogP contribution in [0.15, 0.2) is 12.2 Å². The molecule has 0 rings (SSSR count). The largest absolute Gasteiger partial charge is 0.463 e. The zero-order valence-electron chi connectivity index (χ0n) is 16.3. The van der Waals surface area contributed by atoms with Gasteiger partial charge in [-0.1, -0.05) is 70.4 Å². The normalized spacial score (nSPS) is 12.6. The van der Waals surface area contributed by atoms with Crippen molar-refractivity contribution in [3.8, 4) is 0 Å². The number of ether oxygens (including phenoxy) is 1. The molecule has 25 heavy (non-hydrogen) atoms. The van der Waals surface area contributed by atoms with Gasteiger partial charge in [0.15, 0.2) is 0 Å². The lowest BCUT2D eigenvalue weighted by molar-refractivity contribution is -0.147. The van der Waals surface area contributed by atoms with E-state index < -0.39 is 6.10 Å². The SMILES string of the molecule is CCCCCC/C=C/CCCCCCCCCC(=O)OC[C@@H](O)CO. The lowest BCUT2D eigenvalue weighted by Gasteiger charge is -2.08. The molecule has 148 valence electrons. The van der Waals surface area contributed by atoms with Gasteiger partial charge in [0.2, 0.25) is 0 Å². The molecule has 0 aromatic rings. The number of unbranched alkanes of at least 4 members (excludes halogenated alkanes) is 11. The summed E-state index contributed by atoms with van der Waals surface area (Å²) in [5.41, 5.74) is 0. The third kappa shape index (κ3) is 19.3. The Kier molecular flexibility index (Phi) is 18.8. The van der Waals surface area contributed by atoms with Crippen molar-refractivity contribution in [2.45, 2.75) is 103 Å². The molecule has 4 nitrogen and oxygen atoms in total. The Bertz CT molecular complexity index is 315. The van der Waals surface area contributed by atoms with Gasteiger partial charge >= 0.3 is 5.97 Å². The van der Waals surface area contributed by atoms with E-state index in [1.165, 1.54) is 70.6 Å². The molecule has 0 aromatic heterocycles. The number of aliphatic hydroxyl groups is 2. The van der Waals surface area contributed by atoms with E-state index in [0.29, 0.717) is 6.42 Å². The molecule has 0 unspecified atom stereocenters. The number of rotatable bonds is 18. The first-order chi connectivity index (χ1) is 12.2. The highest BCUT2D eigenvalue weighted by molar-refractivity contribution is 5.69. The minimum atomic E-state index is -0.958. The van der Waals surface area contributed by atoms with E-state index in [1.807, 2.05) is 0 Å². The second kappa shape index (κ2) is 19.5. The monoisotopic (exact) mass is 356 g/mol. The summed E-state index contributed by atoms with van der Waals surface area (Å²) < 4.78 is 4.86. The quantitative estimate of drug-likeness (QED) is 0.208. The first-order valence-electron chi connectivity index (χ1n) is 10.3. The molecule has 2 N–H and O–H groups in total. The molecule has 0 amide bonds. The van der Waals surface area contributed by atoms with Gasteiger partial charge in [-0.05, 0) is 32.1 Å². The van der Waals surface area contributed by atoms with E-state index in [1.54, 1.807) is 0 Å². The van der Waals surface area contributed by atoms with Crippen LogP contribution in [-0.2, 0) is 9.53 Å². The van der Waals surface area contributed by atoms with Crippen molar-refractivity contribution in [3.05, 3.63) is 12.2 Å². The van der Waals surface area contributed by atoms with E-state index in [0.717, 1.165) is 12.8 Å². The summed E-state index contributed by atoms with van der Waals surface area (Å²) in [5, 5.41) is 17.7. The fraction of sp³-hybridized carbons (Fsp3) is 0.857. The minimum Gasteiger partial charge on any atom is -0.463 e. The number of aliphatic hydroxyl groups excluding tert-OH is 2. The summed E-state index contributed by atoms with van der Waals surface area (Å²) in [4.78, 5) is 11.4. The van der Waals surface area contributed by atoms with Gasteiger partial charge in [-0.3, -0.25) is 4.79 Å². The van der Waals surface area contributed by atoms with Crippen LogP contribution in [0, 0.1) is 0 Å². The van der Waals surface area contributed by atoms with Crippen LogP contribution >= 0.6 is 0 Å². The maximum atomic E-state index is 11.4. The van der Waals surface area contributed by atoms with Gasteiger partial charge in [-0.25, -0.2) is 0 Å². The fourth-order valence-corrected chi connectivity index (χ4v) is 2.65. The Labute approximate surface area is 154 Å². The van der Waals surface area contributed by atoms with Crippen LogP contribution in [0.2, 0.25) is 0 Å². The zero-order valence-corrected chi connectivity index (χ0v) is 16.3. The Hall–Kier alpha value is -0.870. The molecule has 0 saturated carbocycles. The van der Waals surface area contributed by atoms with E-state index >= 15 is 0 Å². The second-order valence-corrected chi connectivity index (χ2v) is 6.85. The molecule has 0 aliphatic heterocycles. The van der Waals surface area contributed by atoms with E-state index in [-0.39, 0.29) is 19.2 Å². The number of carbonyl (C=O) groups excluding carboxylic acids is 1. The van der Waals surface area contributed by atoms with Crippen molar-refractivity contribution in [3.63, 3.8) is 0 Å². The van der Waals surface area contributed by atoms with Crippen molar-refractivity contribution in [2.75, 3.05) is 13.2 Å². The van der Waals surface area contributed by atoms with Gasteiger partial charge in [-0.15, -0.1) is 0 Å². The van der Waals surface area contributed by atoms with E-state index in [2.05, 4.69) is 19.1 Å². The summed E-state index contributed by atoms with van der Waals surface area (Å²) in [5.74, 6) is -0.283. The van der Waals surface area contributed by atoms with Crippen LogP contribution in [0.1, 0.15) is 96.8 Å². The summed E-state index contributed by atoms with van der Waals surface area (Å²) >= 11 is 0. The minimum absolute atomic E-state index is 0.109. The Morgan fingerprint density at radius 3 is 1.96 bits per heavy atom. The number of carbonyl (C=O) groups is 1. The van der Waals surface area contributed by atoms with Gasteiger partial charge in [0.25, 0.3) is 0 Å². The number of hydrogen-bond donors (Lipinski definition) is 2. The Morgan fingerprint density at radius 2 is 1.40 bits per heavy atom. The highest BCUT2D eigenvalue weighted by Crippen LogP contribution is 2.11. The van der Waals surface area contributed by atoms with Crippen LogP contribution in [0.5, 0.6) is 0 Å². The highest BCUT2D eigenvalue weighted by Gasteiger charge is 2.07. The summed E-state index contributed by atoms with van der Waals surface area (Å²) in [7, 11) is 0. The maximum absolute atomic E-state index is 11.4. The predicted molar refractivity (Wildman–Crippen MR) is 104 cm³/mol. The van der Waals surface area contributed by atoms with E-state index in [4.69, 9.17) is 14.9 Å². The first-order valence-corrected chi connectivity index (χ1v) is 10.3. The maximum Gasteiger partial charge on any atom is 0.305 e. The van der Waals surface area contributed by atoms with Crippen LogP contribution in [0.3, 0.4) is 0 Å². The standard InChI is InChI=1S/C21H40O4/c1-2-3-4-5-6-7-8-9-10-11-12-13-14-15-16-17-21(24)25-19-20(23)18-22/h7-8,20,22-23H,2-6,9-19H2,1H3/b8-7+/t20-/m0/s1. The van der Waals surface area contributed by atoms with Crippen molar-refractivity contribution >= 4 is 5.97 Å². The molecular formula is C21H40O4. The number of allylic oxidation sites excluding steroid dienone is 2. The summed E-state index contributed by atoms with van der Waals surface area (Å²) in [6, 6.07) is 0. The topological polar surface area (TPSA) is 66.8 Å². The second-order valence-electron chi connectivity index (χ2n) is 6.85. The van der Waals surface area contributed by atoms with Crippen LogP contribution in [-0.4, -0.2) is 35.5 Å². The molecule has 0 spiro atoms. The number of esters is 1. The molecule has 0 radical (unpaired) electrons. The van der Waals surface area contributed by atoms with Crippen molar-refractivity contribution < 1.29 is 19.7 Å². The van der Waals surface area contributed by atoms with Gasteiger partial charge in [0.05, 0.1) is 6.61 Å². The summed E-state index contributed by atoms with van der Waals surface area (Å²) in [6.07, 6.45) is 20.1. The molecule has 0 aromatic carbocycles. The average Bonchev–Trinajstić information content (AvgIpc) is 2.62. The molecular weight excluding hydrogens is 316 g/mol. The molecule has 0 heterocycles. The molecule has 0 bridgehead atoms.